The molecule has 2 rings (SSSR count). The van der Waals surface area contributed by atoms with Gasteiger partial charge >= 0.3 is 0 Å². The first-order valence-electron chi connectivity index (χ1n) is 6.59. The number of nitrogens with zero attached hydrogens (tertiary/aromatic N) is 1. The lowest BCUT2D eigenvalue weighted by molar-refractivity contribution is -0.140. The average molecular weight is 224 g/mol. The van der Waals surface area contributed by atoms with Crippen molar-refractivity contribution in [3.8, 4) is 0 Å². The van der Waals surface area contributed by atoms with Crippen molar-refractivity contribution in [2.45, 2.75) is 64.0 Å². The average Bonchev–Trinajstić information content (AvgIpc) is 2.58. The normalized spacial score (nSPS) is 34.1. The molecule has 2 aliphatic rings. The maximum Gasteiger partial charge on any atom is 0.227 e. The third-order valence-corrected chi connectivity index (χ3v) is 4.30. The molecular formula is C13H24N2O. The minimum absolute atomic E-state index is 0.0499. The highest BCUT2D eigenvalue weighted by molar-refractivity contribution is 5.80. The van der Waals surface area contributed by atoms with Crippen LogP contribution in [0, 0.1) is 5.92 Å². The number of carbonyl (C=O) groups is 1. The van der Waals surface area contributed by atoms with Gasteiger partial charge in [-0.1, -0.05) is 12.8 Å². The van der Waals surface area contributed by atoms with Crippen molar-refractivity contribution in [2.24, 2.45) is 11.7 Å². The van der Waals surface area contributed by atoms with Gasteiger partial charge in [-0.3, -0.25) is 4.79 Å². The standard InChI is InChI=1S/C13H24N2O/c1-13(2)8-5-9-15(13)12(16)10-6-3-4-7-11(10)14/h10-11H,3-9,14H2,1-2H3. The Hall–Kier alpha value is -0.570. The summed E-state index contributed by atoms with van der Waals surface area (Å²) in [6.07, 6.45) is 6.63. The van der Waals surface area contributed by atoms with Gasteiger partial charge in [-0.2, -0.15) is 0 Å². The number of hydrogen-bond acceptors (Lipinski definition) is 2. The summed E-state index contributed by atoms with van der Waals surface area (Å²) in [6.45, 7) is 5.27. The van der Waals surface area contributed by atoms with E-state index in [0.29, 0.717) is 5.91 Å². The summed E-state index contributed by atoms with van der Waals surface area (Å²) in [5, 5.41) is 0. The zero-order chi connectivity index (χ0) is 11.8. The Balaban J connectivity index is 2.06. The zero-order valence-electron chi connectivity index (χ0n) is 10.5. The van der Waals surface area contributed by atoms with Crippen LogP contribution in [0.2, 0.25) is 0 Å². The third-order valence-electron chi connectivity index (χ3n) is 4.30. The van der Waals surface area contributed by atoms with Gasteiger partial charge < -0.3 is 10.6 Å². The van der Waals surface area contributed by atoms with Gasteiger partial charge in [0.15, 0.2) is 0 Å². The number of amides is 1. The van der Waals surface area contributed by atoms with Crippen molar-refractivity contribution in [1.29, 1.82) is 0 Å². The van der Waals surface area contributed by atoms with Crippen LogP contribution in [0.5, 0.6) is 0 Å². The molecule has 2 N–H and O–H groups in total. The number of hydrogen-bond donors (Lipinski definition) is 1. The molecule has 2 fully saturated rings. The molecule has 0 aromatic rings. The van der Waals surface area contributed by atoms with Crippen LogP contribution in [0.25, 0.3) is 0 Å². The van der Waals surface area contributed by atoms with Crippen LogP contribution < -0.4 is 5.73 Å². The SMILES string of the molecule is CC1(C)CCCN1C(=O)C1CCCCC1N. The summed E-state index contributed by atoms with van der Waals surface area (Å²) in [5.41, 5.74) is 6.14. The first kappa shape index (κ1) is 11.9. The second-order valence-electron chi connectivity index (χ2n) is 5.96. The molecule has 2 unspecified atom stereocenters. The van der Waals surface area contributed by atoms with Crippen LogP contribution in [0.3, 0.4) is 0 Å². The summed E-state index contributed by atoms with van der Waals surface area (Å²) in [6, 6.07) is 0.0950. The van der Waals surface area contributed by atoms with Crippen LogP contribution in [0.1, 0.15) is 52.4 Å². The molecule has 1 amide bonds. The molecule has 0 bridgehead atoms. The monoisotopic (exact) mass is 224 g/mol. The summed E-state index contributed by atoms with van der Waals surface area (Å²) in [7, 11) is 0. The van der Waals surface area contributed by atoms with E-state index in [-0.39, 0.29) is 17.5 Å². The highest BCUT2D eigenvalue weighted by atomic mass is 16.2. The Labute approximate surface area is 98.4 Å². The van der Waals surface area contributed by atoms with Crippen molar-refractivity contribution < 1.29 is 4.79 Å². The highest BCUT2D eigenvalue weighted by Gasteiger charge is 2.40. The predicted molar refractivity (Wildman–Crippen MR) is 65.0 cm³/mol. The lowest BCUT2D eigenvalue weighted by atomic mass is 9.83. The summed E-state index contributed by atoms with van der Waals surface area (Å²) in [4.78, 5) is 14.5. The number of likely N-dealkylation sites (tertiary alicyclic amines) is 1. The van der Waals surface area contributed by atoms with E-state index < -0.39 is 0 Å². The Bertz CT molecular complexity index is 275. The molecule has 1 saturated heterocycles. The molecule has 1 aliphatic heterocycles. The van der Waals surface area contributed by atoms with Crippen molar-refractivity contribution in [1.82, 2.24) is 4.90 Å². The molecule has 1 aliphatic carbocycles. The number of carbonyl (C=O) groups excluding carboxylic acids is 1. The first-order chi connectivity index (χ1) is 7.52. The van der Waals surface area contributed by atoms with Crippen LogP contribution in [0.4, 0.5) is 0 Å². The van der Waals surface area contributed by atoms with Gasteiger partial charge in [-0.15, -0.1) is 0 Å². The Morgan fingerprint density at radius 3 is 2.50 bits per heavy atom. The molecule has 3 heteroatoms. The number of nitrogens with two attached hydrogens (primary N) is 1. The van der Waals surface area contributed by atoms with E-state index >= 15 is 0 Å². The van der Waals surface area contributed by atoms with Gasteiger partial charge in [-0.25, -0.2) is 0 Å². The molecule has 1 saturated carbocycles. The molecule has 3 nitrogen and oxygen atoms in total. The predicted octanol–water partition coefficient (Wildman–Crippen LogP) is 1.90. The van der Waals surface area contributed by atoms with Gasteiger partial charge in [0.25, 0.3) is 0 Å². The van der Waals surface area contributed by atoms with Crippen molar-refractivity contribution >= 4 is 5.91 Å². The molecule has 0 aromatic heterocycles. The quantitative estimate of drug-likeness (QED) is 0.739. The van der Waals surface area contributed by atoms with Gasteiger partial charge in [-0.05, 0) is 39.5 Å². The Morgan fingerprint density at radius 2 is 1.94 bits per heavy atom. The smallest absolute Gasteiger partial charge is 0.227 e. The lowest BCUT2D eigenvalue weighted by Gasteiger charge is -2.37. The van der Waals surface area contributed by atoms with E-state index in [0.717, 1.165) is 32.2 Å². The fraction of sp³-hybridized carbons (Fsp3) is 0.923. The van der Waals surface area contributed by atoms with E-state index in [1.165, 1.54) is 12.8 Å². The molecule has 0 spiro atoms. The van der Waals surface area contributed by atoms with Crippen LogP contribution in [-0.4, -0.2) is 28.9 Å². The largest absolute Gasteiger partial charge is 0.337 e. The van der Waals surface area contributed by atoms with Crippen molar-refractivity contribution in [3.63, 3.8) is 0 Å². The highest BCUT2D eigenvalue weighted by Crippen LogP contribution is 2.33. The fourth-order valence-electron chi connectivity index (χ4n) is 3.18. The van der Waals surface area contributed by atoms with Gasteiger partial charge in [0.2, 0.25) is 5.91 Å². The van der Waals surface area contributed by atoms with E-state index in [1.54, 1.807) is 0 Å². The maximum atomic E-state index is 12.5. The summed E-state index contributed by atoms with van der Waals surface area (Å²) >= 11 is 0. The fourth-order valence-corrected chi connectivity index (χ4v) is 3.18. The van der Waals surface area contributed by atoms with Crippen LogP contribution in [0.15, 0.2) is 0 Å². The summed E-state index contributed by atoms with van der Waals surface area (Å²) < 4.78 is 0. The van der Waals surface area contributed by atoms with Crippen LogP contribution in [-0.2, 0) is 4.79 Å². The van der Waals surface area contributed by atoms with Gasteiger partial charge in [0.1, 0.15) is 0 Å². The van der Waals surface area contributed by atoms with Crippen molar-refractivity contribution in [3.05, 3.63) is 0 Å². The summed E-state index contributed by atoms with van der Waals surface area (Å²) in [5.74, 6) is 0.404. The Kier molecular flexibility index (Phi) is 3.24. The molecule has 0 radical (unpaired) electrons. The minimum atomic E-state index is 0.0499. The molecule has 92 valence electrons. The Morgan fingerprint density at radius 1 is 1.25 bits per heavy atom. The first-order valence-corrected chi connectivity index (χ1v) is 6.59. The van der Waals surface area contributed by atoms with E-state index in [4.69, 9.17) is 5.73 Å². The second kappa shape index (κ2) is 4.36. The number of rotatable bonds is 1. The van der Waals surface area contributed by atoms with Gasteiger partial charge in [0, 0.05) is 18.1 Å². The lowest BCUT2D eigenvalue weighted by Crippen LogP contribution is -2.50. The van der Waals surface area contributed by atoms with E-state index in [1.807, 2.05) is 0 Å². The topological polar surface area (TPSA) is 46.3 Å². The molecule has 0 aromatic carbocycles. The van der Waals surface area contributed by atoms with Gasteiger partial charge in [0.05, 0.1) is 5.92 Å². The van der Waals surface area contributed by atoms with Crippen molar-refractivity contribution in [2.75, 3.05) is 6.54 Å². The molecule has 2 atom stereocenters. The third kappa shape index (κ3) is 2.10. The maximum absolute atomic E-state index is 12.5. The second-order valence-corrected chi connectivity index (χ2v) is 5.96. The molecule has 1 heterocycles. The van der Waals surface area contributed by atoms with E-state index in [9.17, 15) is 4.79 Å². The zero-order valence-corrected chi connectivity index (χ0v) is 10.5. The molecule has 16 heavy (non-hydrogen) atoms. The van der Waals surface area contributed by atoms with E-state index in [2.05, 4.69) is 18.7 Å². The van der Waals surface area contributed by atoms with Crippen LogP contribution >= 0.6 is 0 Å². The molecular weight excluding hydrogens is 200 g/mol. The minimum Gasteiger partial charge on any atom is -0.337 e.